The van der Waals surface area contributed by atoms with E-state index in [1.54, 1.807) is 29.6 Å². The first-order valence-corrected chi connectivity index (χ1v) is 9.90. The zero-order valence-electron chi connectivity index (χ0n) is 14.2. The molecule has 0 spiro atoms. The molecule has 27 heavy (non-hydrogen) atoms. The van der Waals surface area contributed by atoms with E-state index in [-0.39, 0.29) is 22.9 Å². The van der Waals surface area contributed by atoms with Gasteiger partial charge in [0.1, 0.15) is 5.82 Å². The molecule has 0 fully saturated rings. The molecular weight excluding hydrogens is 385 g/mol. The molecule has 3 aromatic rings. The van der Waals surface area contributed by atoms with Crippen LogP contribution in [0, 0.1) is 5.82 Å². The van der Waals surface area contributed by atoms with Crippen molar-refractivity contribution < 1.29 is 14.0 Å². The summed E-state index contributed by atoms with van der Waals surface area (Å²) in [5.41, 5.74) is 2.30. The van der Waals surface area contributed by atoms with Gasteiger partial charge in [-0.15, -0.1) is 23.1 Å². The molecule has 5 nitrogen and oxygen atoms in total. The van der Waals surface area contributed by atoms with E-state index in [4.69, 9.17) is 0 Å². The largest absolute Gasteiger partial charge is 0.324 e. The van der Waals surface area contributed by atoms with Gasteiger partial charge in [-0.25, -0.2) is 9.37 Å². The molecule has 136 valence electrons. The molecule has 1 aromatic heterocycles. The van der Waals surface area contributed by atoms with Gasteiger partial charge in [0.15, 0.2) is 5.13 Å². The first-order chi connectivity index (χ1) is 13.0. The molecule has 0 aliphatic carbocycles. The van der Waals surface area contributed by atoms with Gasteiger partial charge in [-0.1, -0.05) is 12.1 Å². The van der Waals surface area contributed by atoms with Crippen LogP contribution < -0.4 is 10.6 Å². The second-order valence-electron chi connectivity index (χ2n) is 5.96. The summed E-state index contributed by atoms with van der Waals surface area (Å²) < 4.78 is 13.4. The Kier molecular flexibility index (Phi) is 4.67. The number of benzene rings is 2. The fraction of sp³-hybridized carbons (Fsp3) is 0.105. The minimum Gasteiger partial charge on any atom is -0.324 e. The van der Waals surface area contributed by atoms with Crippen molar-refractivity contribution in [3.05, 3.63) is 59.2 Å². The molecule has 4 rings (SSSR count). The maximum atomic E-state index is 13.4. The average molecular weight is 399 g/mol. The summed E-state index contributed by atoms with van der Waals surface area (Å²) in [5, 5.41) is 7.58. The molecule has 0 radical (unpaired) electrons. The average Bonchev–Trinajstić information content (AvgIpc) is 3.11. The highest BCUT2D eigenvalue weighted by molar-refractivity contribution is 8.00. The van der Waals surface area contributed by atoms with E-state index in [0.29, 0.717) is 27.6 Å². The number of nitrogens with zero attached hydrogens (tertiary/aromatic N) is 1. The Bertz CT molecular complexity index is 1050. The van der Waals surface area contributed by atoms with Crippen molar-refractivity contribution in [1.29, 1.82) is 0 Å². The van der Waals surface area contributed by atoms with Crippen molar-refractivity contribution in [2.75, 3.05) is 10.6 Å². The number of fused-ring (bicyclic) bond motifs is 1. The van der Waals surface area contributed by atoms with Crippen LogP contribution in [0.25, 0.3) is 11.3 Å². The third-order valence-electron chi connectivity index (χ3n) is 4.02. The number of thioether (sulfide) groups is 1. The Morgan fingerprint density at radius 2 is 2.11 bits per heavy atom. The van der Waals surface area contributed by atoms with Crippen LogP contribution in [0.5, 0.6) is 0 Å². The molecule has 0 bridgehead atoms. The molecule has 1 aliphatic rings. The predicted octanol–water partition coefficient (Wildman–Crippen LogP) is 4.63. The van der Waals surface area contributed by atoms with Gasteiger partial charge in [0.2, 0.25) is 5.91 Å². The van der Waals surface area contributed by atoms with Crippen LogP contribution in [-0.4, -0.2) is 22.0 Å². The number of carbonyl (C=O) groups excluding carboxylic acids is 2. The maximum Gasteiger partial charge on any atom is 0.257 e. The summed E-state index contributed by atoms with van der Waals surface area (Å²) in [6, 6.07) is 11.3. The number of nitrogens with one attached hydrogen (secondary N) is 2. The molecule has 2 heterocycles. The minimum atomic E-state index is -0.339. The normalized spacial score (nSPS) is 15.8. The van der Waals surface area contributed by atoms with Crippen molar-refractivity contribution >= 4 is 45.7 Å². The second-order valence-corrected chi connectivity index (χ2v) is 8.20. The van der Waals surface area contributed by atoms with E-state index in [1.807, 2.05) is 13.0 Å². The zero-order chi connectivity index (χ0) is 19.0. The number of aromatic nitrogens is 1. The van der Waals surface area contributed by atoms with Crippen LogP contribution in [0.2, 0.25) is 0 Å². The Morgan fingerprint density at radius 3 is 2.93 bits per heavy atom. The Balaban J connectivity index is 1.52. The van der Waals surface area contributed by atoms with Gasteiger partial charge in [0, 0.05) is 21.4 Å². The molecule has 0 saturated carbocycles. The van der Waals surface area contributed by atoms with Crippen LogP contribution in [0.1, 0.15) is 17.3 Å². The molecule has 1 unspecified atom stereocenters. The molecular formula is C19H14FN3O2S2. The molecule has 1 atom stereocenters. The number of halogens is 1. The summed E-state index contributed by atoms with van der Waals surface area (Å²) in [6.07, 6.45) is 0. The van der Waals surface area contributed by atoms with Gasteiger partial charge in [0.25, 0.3) is 5.91 Å². The quantitative estimate of drug-likeness (QED) is 0.673. The zero-order valence-corrected chi connectivity index (χ0v) is 15.8. The topological polar surface area (TPSA) is 71.1 Å². The number of thiazole rings is 1. The van der Waals surface area contributed by atoms with Crippen LogP contribution in [0.4, 0.5) is 15.2 Å². The smallest absolute Gasteiger partial charge is 0.257 e. The van der Waals surface area contributed by atoms with Gasteiger partial charge in [-0.3, -0.25) is 14.9 Å². The lowest BCUT2D eigenvalue weighted by Crippen LogP contribution is -2.26. The molecule has 2 amide bonds. The van der Waals surface area contributed by atoms with Crippen molar-refractivity contribution in [1.82, 2.24) is 4.98 Å². The summed E-state index contributed by atoms with van der Waals surface area (Å²) in [5.74, 6) is -0.741. The number of anilines is 2. The minimum absolute atomic E-state index is 0.0790. The highest BCUT2D eigenvalue weighted by Crippen LogP contribution is 2.36. The van der Waals surface area contributed by atoms with Gasteiger partial charge in [-0.2, -0.15) is 0 Å². The monoisotopic (exact) mass is 399 g/mol. The van der Waals surface area contributed by atoms with E-state index < -0.39 is 0 Å². The first kappa shape index (κ1) is 17.7. The van der Waals surface area contributed by atoms with Crippen LogP contribution in [0.15, 0.2) is 52.7 Å². The van der Waals surface area contributed by atoms with Crippen LogP contribution >= 0.6 is 23.1 Å². The van der Waals surface area contributed by atoms with Crippen LogP contribution in [0.3, 0.4) is 0 Å². The van der Waals surface area contributed by atoms with E-state index in [9.17, 15) is 14.0 Å². The lowest BCUT2D eigenvalue weighted by Gasteiger charge is -2.21. The summed E-state index contributed by atoms with van der Waals surface area (Å²) >= 11 is 2.73. The molecule has 2 aromatic carbocycles. The second kappa shape index (κ2) is 7.13. The summed E-state index contributed by atoms with van der Waals surface area (Å²) in [6.45, 7) is 1.84. The van der Waals surface area contributed by atoms with E-state index >= 15 is 0 Å². The van der Waals surface area contributed by atoms with E-state index in [1.165, 1.54) is 35.2 Å². The number of hydrogen-bond acceptors (Lipinski definition) is 5. The standard InChI is InChI=1S/C19H14FN3O2S2/c1-10-17(24)21-14-8-12(5-6-16(14)27-10)18(25)23-19-22-15(9-26-19)11-3-2-4-13(20)7-11/h2-10H,1H3,(H,21,24)(H,22,23,25). The van der Waals surface area contributed by atoms with Gasteiger partial charge in [0.05, 0.1) is 16.6 Å². The molecule has 2 N–H and O–H groups in total. The fourth-order valence-corrected chi connectivity index (χ4v) is 4.28. The number of rotatable bonds is 3. The van der Waals surface area contributed by atoms with Crippen molar-refractivity contribution in [3.63, 3.8) is 0 Å². The predicted molar refractivity (Wildman–Crippen MR) is 106 cm³/mol. The molecule has 8 heteroatoms. The summed E-state index contributed by atoms with van der Waals surface area (Å²) in [7, 11) is 0. The van der Waals surface area contributed by atoms with Crippen molar-refractivity contribution in [2.45, 2.75) is 17.1 Å². The first-order valence-electron chi connectivity index (χ1n) is 8.14. The fourth-order valence-electron chi connectivity index (χ4n) is 2.63. The third-order valence-corrected chi connectivity index (χ3v) is 5.95. The number of amides is 2. The van der Waals surface area contributed by atoms with Crippen molar-refractivity contribution in [3.8, 4) is 11.3 Å². The Morgan fingerprint density at radius 1 is 1.26 bits per heavy atom. The Hall–Kier alpha value is -2.71. The molecule has 0 saturated heterocycles. The number of hydrogen-bond donors (Lipinski definition) is 2. The molecule has 1 aliphatic heterocycles. The lowest BCUT2D eigenvalue weighted by molar-refractivity contribution is -0.115. The SMILES string of the molecule is CC1Sc2ccc(C(=O)Nc3nc(-c4cccc(F)c4)cs3)cc2NC1=O. The third kappa shape index (κ3) is 3.72. The number of carbonyl (C=O) groups is 2. The van der Waals surface area contributed by atoms with Gasteiger partial charge < -0.3 is 5.32 Å². The van der Waals surface area contributed by atoms with Crippen molar-refractivity contribution in [2.24, 2.45) is 0 Å². The lowest BCUT2D eigenvalue weighted by atomic mass is 10.1. The van der Waals surface area contributed by atoms with Gasteiger partial charge in [-0.05, 0) is 37.3 Å². The van der Waals surface area contributed by atoms with Crippen LogP contribution in [-0.2, 0) is 4.79 Å². The van der Waals surface area contributed by atoms with E-state index in [0.717, 1.165) is 4.90 Å². The highest BCUT2D eigenvalue weighted by Gasteiger charge is 2.24. The Labute approximate surface area is 163 Å². The maximum absolute atomic E-state index is 13.4. The highest BCUT2D eigenvalue weighted by atomic mass is 32.2. The van der Waals surface area contributed by atoms with Gasteiger partial charge >= 0.3 is 0 Å². The van der Waals surface area contributed by atoms with E-state index in [2.05, 4.69) is 15.6 Å². The summed E-state index contributed by atoms with van der Waals surface area (Å²) in [4.78, 5) is 29.6.